The average molecular weight is 414 g/mol. The van der Waals surface area contributed by atoms with Gasteiger partial charge in [-0.2, -0.15) is 10.2 Å². The third-order valence-corrected chi connectivity index (χ3v) is 4.69. The molecule has 2 aromatic heterocycles. The number of nitrogens with zero attached hydrogens (tertiary/aromatic N) is 4. The third-order valence-electron chi connectivity index (χ3n) is 4.69. The summed E-state index contributed by atoms with van der Waals surface area (Å²) in [6.45, 7) is -0.323. The Morgan fingerprint density at radius 1 is 1.13 bits per heavy atom. The topological polar surface area (TPSA) is 93.8 Å². The molecular weight excluding hydrogens is 394 g/mol. The Kier molecular flexibility index (Phi) is 5.30. The lowest BCUT2D eigenvalue weighted by molar-refractivity contribution is -0.117. The van der Waals surface area contributed by atoms with E-state index < -0.39 is 12.3 Å². The van der Waals surface area contributed by atoms with E-state index in [1.807, 2.05) is 0 Å². The molecule has 0 spiro atoms. The van der Waals surface area contributed by atoms with Gasteiger partial charge >= 0.3 is 0 Å². The highest BCUT2D eigenvalue weighted by atomic mass is 19.3. The Hall–Kier alpha value is -3.56. The molecule has 4 rings (SSSR count). The minimum atomic E-state index is -2.71. The van der Waals surface area contributed by atoms with Crippen LogP contribution < -0.4 is 10.6 Å². The number of aromatic nitrogens is 4. The van der Waals surface area contributed by atoms with E-state index in [1.165, 1.54) is 10.7 Å². The molecule has 10 heteroatoms. The van der Waals surface area contributed by atoms with Gasteiger partial charge in [-0.15, -0.1) is 0 Å². The van der Waals surface area contributed by atoms with Gasteiger partial charge in [0.05, 0.1) is 5.69 Å². The summed E-state index contributed by atoms with van der Waals surface area (Å²) >= 11 is 0. The number of nitrogens with one attached hydrogen (secondary N) is 2. The van der Waals surface area contributed by atoms with Crippen molar-refractivity contribution < 1.29 is 18.4 Å². The van der Waals surface area contributed by atoms with Gasteiger partial charge in [-0.1, -0.05) is 6.07 Å². The van der Waals surface area contributed by atoms with Crippen molar-refractivity contribution in [2.45, 2.75) is 31.7 Å². The van der Waals surface area contributed by atoms with Crippen molar-refractivity contribution in [2.24, 2.45) is 7.05 Å². The third kappa shape index (κ3) is 4.53. The first kappa shape index (κ1) is 19.7. The second kappa shape index (κ2) is 8.05. The first-order chi connectivity index (χ1) is 14.4. The number of aryl methyl sites for hydroxylation is 1. The van der Waals surface area contributed by atoms with Crippen LogP contribution in [-0.2, 0) is 18.4 Å². The molecule has 1 saturated carbocycles. The van der Waals surface area contributed by atoms with E-state index in [9.17, 15) is 18.4 Å². The number of amides is 2. The van der Waals surface area contributed by atoms with E-state index in [2.05, 4.69) is 20.8 Å². The van der Waals surface area contributed by atoms with E-state index in [0.29, 0.717) is 17.1 Å². The molecule has 1 aliphatic rings. The molecule has 0 saturated heterocycles. The van der Waals surface area contributed by atoms with E-state index in [1.54, 1.807) is 43.6 Å². The summed E-state index contributed by atoms with van der Waals surface area (Å²) in [6.07, 6.45) is 0.817. The van der Waals surface area contributed by atoms with Gasteiger partial charge < -0.3 is 10.6 Å². The SMILES string of the molecule is Cn1ccc(C(=O)Nc2cccc(NC(=O)Cn3nc(C4CC4)cc3C(F)F)c2)n1. The van der Waals surface area contributed by atoms with Crippen LogP contribution in [0.4, 0.5) is 20.2 Å². The zero-order chi connectivity index (χ0) is 21.3. The fraction of sp³-hybridized carbons (Fsp3) is 0.300. The molecule has 0 aliphatic heterocycles. The van der Waals surface area contributed by atoms with E-state index >= 15 is 0 Å². The maximum atomic E-state index is 13.3. The maximum absolute atomic E-state index is 13.3. The number of halogens is 2. The molecule has 1 aliphatic carbocycles. The summed E-state index contributed by atoms with van der Waals surface area (Å²) in [6, 6.07) is 9.51. The fourth-order valence-corrected chi connectivity index (χ4v) is 3.08. The number of benzene rings is 1. The molecule has 0 unspecified atom stereocenters. The molecule has 1 fully saturated rings. The highest BCUT2D eigenvalue weighted by Gasteiger charge is 2.29. The lowest BCUT2D eigenvalue weighted by atomic mass is 10.2. The van der Waals surface area contributed by atoms with E-state index in [-0.39, 0.29) is 29.8 Å². The van der Waals surface area contributed by atoms with Crippen LogP contribution >= 0.6 is 0 Å². The van der Waals surface area contributed by atoms with Crippen molar-refractivity contribution in [1.29, 1.82) is 0 Å². The maximum Gasteiger partial charge on any atom is 0.280 e. The van der Waals surface area contributed by atoms with Crippen molar-refractivity contribution in [3.63, 3.8) is 0 Å². The summed E-state index contributed by atoms with van der Waals surface area (Å²) in [5.74, 6) is -0.661. The molecule has 0 atom stereocenters. The summed E-state index contributed by atoms with van der Waals surface area (Å²) in [5, 5.41) is 13.6. The van der Waals surface area contributed by atoms with Crippen LogP contribution in [0, 0.1) is 0 Å². The highest BCUT2D eigenvalue weighted by Crippen LogP contribution is 2.40. The molecule has 8 nitrogen and oxygen atoms in total. The van der Waals surface area contributed by atoms with Crippen molar-refractivity contribution in [2.75, 3.05) is 10.6 Å². The zero-order valence-electron chi connectivity index (χ0n) is 16.2. The second-order valence-corrected chi connectivity index (χ2v) is 7.18. The molecule has 2 heterocycles. The monoisotopic (exact) mass is 414 g/mol. The van der Waals surface area contributed by atoms with Gasteiger partial charge in [0.1, 0.15) is 12.2 Å². The Bertz CT molecular complexity index is 1090. The number of hydrogen-bond acceptors (Lipinski definition) is 4. The number of hydrogen-bond donors (Lipinski definition) is 2. The van der Waals surface area contributed by atoms with Gasteiger partial charge in [-0.25, -0.2) is 8.78 Å². The number of anilines is 2. The molecular formula is C20H20F2N6O2. The van der Waals surface area contributed by atoms with Gasteiger partial charge in [0.25, 0.3) is 12.3 Å². The van der Waals surface area contributed by atoms with Crippen molar-refractivity contribution >= 4 is 23.2 Å². The van der Waals surface area contributed by atoms with Crippen LogP contribution in [0.15, 0.2) is 42.6 Å². The van der Waals surface area contributed by atoms with Gasteiger partial charge in [-0.3, -0.25) is 19.0 Å². The van der Waals surface area contributed by atoms with Crippen molar-refractivity contribution in [1.82, 2.24) is 19.6 Å². The number of carbonyl (C=O) groups excluding carboxylic acids is 2. The molecule has 3 aromatic rings. The van der Waals surface area contributed by atoms with E-state index in [0.717, 1.165) is 17.5 Å². The quantitative estimate of drug-likeness (QED) is 0.620. The lowest BCUT2D eigenvalue weighted by Gasteiger charge is -2.10. The summed E-state index contributed by atoms with van der Waals surface area (Å²) in [7, 11) is 1.71. The number of rotatable bonds is 7. The van der Waals surface area contributed by atoms with Gasteiger partial charge in [0.2, 0.25) is 5.91 Å². The van der Waals surface area contributed by atoms with Crippen molar-refractivity contribution in [3.8, 4) is 0 Å². The summed E-state index contributed by atoms with van der Waals surface area (Å²) in [5.41, 5.74) is 1.50. The molecule has 2 amide bonds. The van der Waals surface area contributed by atoms with E-state index in [4.69, 9.17) is 0 Å². The zero-order valence-corrected chi connectivity index (χ0v) is 16.2. The van der Waals surface area contributed by atoms with Crippen LogP contribution in [-0.4, -0.2) is 31.4 Å². The Morgan fingerprint density at radius 2 is 1.87 bits per heavy atom. The predicted octanol–water partition coefficient (Wildman–Crippen LogP) is 3.32. The predicted molar refractivity (Wildman–Crippen MR) is 105 cm³/mol. The van der Waals surface area contributed by atoms with Crippen LogP contribution in [0.2, 0.25) is 0 Å². The Labute approximate surface area is 170 Å². The standard InChI is InChI=1S/C20H20F2N6O2/c1-27-8-7-15(25-27)20(30)24-14-4-2-3-13(9-14)23-18(29)11-28-17(19(21)22)10-16(26-28)12-5-6-12/h2-4,7-10,12,19H,5-6,11H2,1H3,(H,23,29)(H,24,30). The van der Waals surface area contributed by atoms with Crippen molar-refractivity contribution in [3.05, 3.63) is 59.7 Å². The van der Waals surface area contributed by atoms with Crippen LogP contribution in [0.3, 0.4) is 0 Å². The Balaban J connectivity index is 1.41. The second-order valence-electron chi connectivity index (χ2n) is 7.18. The average Bonchev–Trinajstić information content (AvgIpc) is 3.31. The molecule has 0 bridgehead atoms. The van der Waals surface area contributed by atoms with Crippen LogP contribution in [0.5, 0.6) is 0 Å². The lowest BCUT2D eigenvalue weighted by Crippen LogP contribution is -2.21. The fourth-order valence-electron chi connectivity index (χ4n) is 3.08. The largest absolute Gasteiger partial charge is 0.324 e. The molecule has 2 N–H and O–H groups in total. The van der Waals surface area contributed by atoms with Gasteiger partial charge in [0.15, 0.2) is 5.69 Å². The van der Waals surface area contributed by atoms with Gasteiger partial charge in [0, 0.05) is 30.5 Å². The minimum Gasteiger partial charge on any atom is -0.324 e. The molecule has 1 aromatic carbocycles. The summed E-state index contributed by atoms with van der Waals surface area (Å²) < 4.78 is 29.1. The first-order valence-electron chi connectivity index (χ1n) is 9.46. The highest BCUT2D eigenvalue weighted by molar-refractivity contribution is 6.03. The van der Waals surface area contributed by atoms with Crippen LogP contribution in [0.25, 0.3) is 0 Å². The first-order valence-corrected chi connectivity index (χ1v) is 9.46. The molecule has 30 heavy (non-hydrogen) atoms. The summed E-state index contributed by atoms with van der Waals surface area (Å²) in [4.78, 5) is 24.6. The normalized spacial score (nSPS) is 13.5. The number of alkyl halides is 2. The Morgan fingerprint density at radius 3 is 2.50 bits per heavy atom. The number of carbonyl (C=O) groups is 2. The molecule has 156 valence electrons. The van der Waals surface area contributed by atoms with Gasteiger partial charge in [-0.05, 0) is 43.2 Å². The van der Waals surface area contributed by atoms with Crippen LogP contribution in [0.1, 0.15) is 47.1 Å². The smallest absolute Gasteiger partial charge is 0.280 e. The molecule has 0 radical (unpaired) electrons. The minimum absolute atomic E-state index is 0.214.